The predicted molar refractivity (Wildman–Crippen MR) is 87.5 cm³/mol. The third-order valence-corrected chi connectivity index (χ3v) is 5.37. The molecule has 0 aromatic heterocycles. The summed E-state index contributed by atoms with van der Waals surface area (Å²) in [5.74, 6) is 1.00. The van der Waals surface area contributed by atoms with Crippen LogP contribution >= 0.6 is 0 Å². The van der Waals surface area contributed by atoms with Crippen molar-refractivity contribution in [3.05, 3.63) is 18.2 Å². The molecule has 1 aromatic carbocycles. The zero-order valence-corrected chi connectivity index (χ0v) is 14.9. The summed E-state index contributed by atoms with van der Waals surface area (Å²) in [6.07, 6.45) is -0.245. The zero-order valence-electron chi connectivity index (χ0n) is 14.1. The smallest absolute Gasteiger partial charge is 0.243 e. The third-order valence-electron chi connectivity index (χ3n) is 3.54. The SMILES string of the molecule is CCOc1ccc(S(=O)(=O)N2C[C@H](C)O[C@@H](C)C2)cc1OCC. The van der Waals surface area contributed by atoms with Gasteiger partial charge in [0.05, 0.1) is 30.3 Å². The lowest BCUT2D eigenvalue weighted by molar-refractivity contribution is -0.0440. The van der Waals surface area contributed by atoms with Crippen molar-refractivity contribution in [1.82, 2.24) is 4.31 Å². The molecule has 130 valence electrons. The van der Waals surface area contributed by atoms with Crippen molar-refractivity contribution in [2.75, 3.05) is 26.3 Å². The fourth-order valence-corrected chi connectivity index (χ4v) is 4.27. The lowest BCUT2D eigenvalue weighted by atomic mass is 10.3. The second-order valence-electron chi connectivity index (χ2n) is 5.55. The van der Waals surface area contributed by atoms with Crippen LogP contribution in [-0.4, -0.2) is 51.2 Å². The maximum atomic E-state index is 12.9. The first kappa shape index (κ1) is 18.0. The minimum atomic E-state index is -3.58. The molecule has 0 unspecified atom stereocenters. The monoisotopic (exact) mass is 343 g/mol. The van der Waals surface area contributed by atoms with Crippen LogP contribution in [0.3, 0.4) is 0 Å². The van der Waals surface area contributed by atoms with E-state index >= 15 is 0 Å². The molecule has 6 nitrogen and oxygen atoms in total. The normalized spacial score (nSPS) is 22.8. The molecule has 23 heavy (non-hydrogen) atoms. The standard InChI is InChI=1S/C16H25NO5S/c1-5-20-15-8-7-14(9-16(15)21-6-2)23(18,19)17-10-12(3)22-13(4)11-17/h7-9,12-13H,5-6,10-11H2,1-4H3/t12-,13-/m0/s1. The Balaban J connectivity index is 2.33. The number of ether oxygens (including phenoxy) is 3. The van der Waals surface area contributed by atoms with Crippen LogP contribution in [0.4, 0.5) is 0 Å². The summed E-state index contributed by atoms with van der Waals surface area (Å²) in [5.41, 5.74) is 0. The summed E-state index contributed by atoms with van der Waals surface area (Å²) < 4.78 is 43.8. The molecule has 1 saturated heterocycles. The van der Waals surface area contributed by atoms with Crippen molar-refractivity contribution in [2.45, 2.75) is 44.8 Å². The van der Waals surface area contributed by atoms with Gasteiger partial charge in [-0.1, -0.05) is 0 Å². The van der Waals surface area contributed by atoms with E-state index in [4.69, 9.17) is 14.2 Å². The van der Waals surface area contributed by atoms with Gasteiger partial charge in [-0.15, -0.1) is 0 Å². The molecule has 2 atom stereocenters. The maximum Gasteiger partial charge on any atom is 0.243 e. The van der Waals surface area contributed by atoms with Crippen molar-refractivity contribution in [1.29, 1.82) is 0 Å². The molecule has 0 radical (unpaired) electrons. The molecule has 0 amide bonds. The van der Waals surface area contributed by atoms with Crippen molar-refractivity contribution < 1.29 is 22.6 Å². The molecule has 1 aliphatic heterocycles. The number of rotatable bonds is 6. The maximum absolute atomic E-state index is 12.9. The number of nitrogens with zero attached hydrogens (tertiary/aromatic N) is 1. The molecular weight excluding hydrogens is 318 g/mol. The number of benzene rings is 1. The number of morpholine rings is 1. The summed E-state index contributed by atoms with van der Waals surface area (Å²) in [6, 6.07) is 4.75. The van der Waals surface area contributed by atoms with Gasteiger partial charge in [0.25, 0.3) is 0 Å². The summed E-state index contributed by atoms with van der Waals surface area (Å²) in [7, 11) is -3.58. The molecule has 1 fully saturated rings. The Morgan fingerprint density at radius 3 is 2.22 bits per heavy atom. The van der Waals surface area contributed by atoms with Gasteiger partial charge in [0.2, 0.25) is 10.0 Å². The van der Waals surface area contributed by atoms with E-state index in [1.54, 1.807) is 12.1 Å². The quantitative estimate of drug-likeness (QED) is 0.793. The highest BCUT2D eigenvalue weighted by Gasteiger charge is 2.32. The van der Waals surface area contributed by atoms with Gasteiger partial charge >= 0.3 is 0 Å². The topological polar surface area (TPSA) is 65.1 Å². The second-order valence-corrected chi connectivity index (χ2v) is 7.49. The molecular formula is C16H25NO5S. The van der Waals surface area contributed by atoms with Crippen molar-refractivity contribution in [2.24, 2.45) is 0 Å². The first-order chi connectivity index (χ1) is 10.9. The van der Waals surface area contributed by atoms with Crippen LogP contribution in [0.15, 0.2) is 23.1 Å². The highest BCUT2D eigenvalue weighted by Crippen LogP contribution is 2.32. The predicted octanol–water partition coefficient (Wildman–Crippen LogP) is 2.28. The van der Waals surface area contributed by atoms with Crippen molar-refractivity contribution in [3.63, 3.8) is 0 Å². The van der Waals surface area contributed by atoms with Crippen LogP contribution in [0.2, 0.25) is 0 Å². The van der Waals surface area contributed by atoms with Gasteiger partial charge in [0.15, 0.2) is 11.5 Å². The minimum absolute atomic E-state index is 0.123. The molecule has 1 aromatic rings. The molecule has 0 aliphatic carbocycles. The van der Waals surface area contributed by atoms with Crippen LogP contribution < -0.4 is 9.47 Å². The molecule has 0 N–H and O–H groups in total. The van der Waals surface area contributed by atoms with Gasteiger partial charge in [0.1, 0.15) is 0 Å². The van der Waals surface area contributed by atoms with Crippen LogP contribution in [0.1, 0.15) is 27.7 Å². The van der Waals surface area contributed by atoms with Gasteiger partial charge in [-0.2, -0.15) is 4.31 Å². The Kier molecular flexibility index (Phi) is 5.89. The first-order valence-corrected chi connectivity index (χ1v) is 9.37. The highest BCUT2D eigenvalue weighted by atomic mass is 32.2. The van der Waals surface area contributed by atoms with Crippen LogP contribution in [0.5, 0.6) is 11.5 Å². The van der Waals surface area contributed by atoms with E-state index in [1.165, 1.54) is 10.4 Å². The number of sulfonamides is 1. The van der Waals surface area contributed by atoms with Gasteiger partial charge in [-0.3, -0.25) is 0 Å². The molecule has 1 heterocycles. The van der Waals surface area contributed by atoms with Crippen LogP contribution in [-0.2, 0) is 14.8 Å². The number of hydrogen-bond acceptors (Lipinski definition) is 5. The first-order valence-electron chi connectivity index (χ1n) is 7.93. The molecule has 0 saturated carbocycles. The van der Waals surface area contributed by atoms with E-state index in [-0.39, 0.29) is 17.1 Å². The molecule has 1 aliphatic rings. The summed E-state index contributed by atoms with van der Waals surface area (Å²) >= 11 is 0. The van der Waals surface area contributed by atoms with E-state index in [9.17, 15) is 8.42 Å². The van der Waals surface area contributed by atoms with E-state index in [0.29, 0.717) is 37.8 Å². The van der Waals surface area contributed by atoms with Gasteiger partial charge in [0, 0.05) is 19.2 Å². The third kappa shape index (κ3) is 4.16. The van der Waals surface area contributed by atoms with Gasteiger partial charge in [-0.25, -0.2) is 8.42 Å². The average Bonchev–Trinajstić information content (AvgIpc) is 2.48. The van der Waals surface area contributed by atoms with Crippen LogP contribution in [0, 0.1) is 0 Å². The fraction of sp³-hybridized carbons (Fsp3) is 0.625. The summed E-state index contributed by atoms with van der Waals surface area (Å²) in [6.45, 7) is 9.11. The highest BCUT2D eigenvalue weighted by molar-refractivity contribution is 7.89. The lowest BCUT2D eigenvalue weighted by Gasteiger charge is -2.34. The fourth-order valence-electron chi connectivity index (χ4n) is 2.67. The Labute approximate surface area is 138 Å². The minimum Gasteiger partial charge on any atom is -0.490 e. The molecule has 2 rings (SSSR count). The Morgan fingerprint density at radius 1 is 1.09 bits per heavy atom. The van der Waals surface area contributed by atoms with E-state index in [1.807, 2.05) is 27.7 Å². The van der Waals surface area contributed by atoms with E-state index in [0.717, 1.165) is 0 Å². The Hall–Kier alpha value is -1.31. The van der Waals surface area contributed by atoms with E-state index < -0.39 is 10.0 Å². The largest absolute Gasteiger partial charge is 0.490 e. The van der Waals surface area contributed by atoms with Crippen molar-refractivity contribution in [3.8, 4) is 11.5 Å². The van der Waals surface area contributed by atoms with Gasteiger partial charge in [-0.05, 0) is 39.8 Å². The van der Waals surface area contributed by atoms with Crippen LogP contribution in [0.25, 0.3) is 0 Å². The molecule has 7 heteroatoms. The lowest BCUT2D eigenvalue weighted by Crippen LogP contribution is -2.48. The Bertz CT molecular complexity index is 621. The summed E-state index contributed by atoms with van der Waals surface area (Å²) in [4.78, 5) is 0.214. The zero-order chi connectivity index (χ0) is 17.0. The second kappa shape index (κ2) is 7.51. The van der Waals surface area contributed by atoms with Crippen molar-refractivity contribution >= 4 is 10.0 Å². The molecule has 0 spiro atoms. The Morgan fingerprint density at radius 2 is 1.65 bits per heavy atom. The molecule has 0 bridgehead atoms. The number of hydrogen-bond donors (Lipinski definition) is 0. The van der Waals surface area contributed by atoms with Gasteiger partial charge < -0.3 is 14.2 Å². The average molecular weight is 343 g/mol. The van der Waals surface area contributed by atoms with E-state index in [2.05, 4.69) is 0 Å². The summed E-state index contributed by atoms with van der Waals surface area (Å²) in [5, 5.41) is 0.